The highest BCUT2D eigenvalue weighted by Crippen LogP contribution is 2.27. The molecule has 0 aliphatic carbocycles. The molecule has 0 spiro atoms. The number of nitrogens with zero attached hydrogens (tertiary/aromatic N) is 1. The number of likely N-dealkylation sites (N-methyl/N-ethyl adjacent to an activating group) is 1. The molecule has 0 fully saturated rings. The first-order valence-electron chi connectivity index (χ1n) is 7.47. The fourth-order valence-corrected chi connectivity index (χ4v) is 2.60. The van der Waals surface area contributed by atoms with E-state index in [0.29, 0.717) is 12.1 Å². The molecule has 5 nitrogen and oxygen atoms in total. The number of hydrogen-bond acceptors (Lipinski definition) is 3. The third-order valence-electron chi connectivity index (χ3n) is 3.53. The molecule has 0 heterocycles. The average Bonchev–Trinajstić information content (AvgIpc) is 2.45. The summed E-state index contributed by atoms with van der Waals surface area (Å²) in [5.41, 5.74) is 2.45. The van der Waals surface area contributed by atoms with Crippen LogP contribution in [-0.2, 0) is 9.59 Å². The Bertz CT molecular complexity index is 594. The first kappa shape index (κ1) is 18.6. The normalized spacial score (nSPS) is 11.5. The van der Waals surface area contributed by atoms with Crippen LogP contribution < -0.4 is 10.1 Å². The maximum Gasteiger partial charge on any atom is 0.247 e. The molecular weight excluding hydrogens is 292 g/mol. The molecule has 2 amide bonds. The fraction of sp³-hybridized carbons (Fsp3) is 0.444. The van der Waals surface area contributed by atoms with E-state index in [1.165, 1.54) is 4.90 Å². The lowest BCUT2D eigenvalue weighted by atomic mass is 10.0. The Kier molecular flexibility index (Phi) is 6.65. The van der Waals surface area contributed by atoms with Gasteiger partial charge in [0.15, 0.2) is 0 Å². The van der Waals surface area contributed by atoms with Gasteiger partial charge in [-0.1, -0.05) is 19.8 Å². The van der Waals surface area contributed by atoms with Crippen LogP contribution in [0.25, 0.3) is 0 Å². The predicted molar refractivity (Wildman–Crippen MR) is 91.3 cm³/mol. The standard InChI is InChI=1S/C18H24N2O3/c1-7-8-23-17-13(4)9-15(10-14(17)5)19-18(22)16(12(2)3)20(6)11-21/h1,9-12,16H,8H2,2-6H3,(H,19,22)/t16-/m0/s1. The number of hydrogen-bond donors (Lipinski definition) is 1. The van der Waals surface area contributed by atoms with Gasteiger partial charge in [-0.15, -0.1) is 6.42 Å². The van der Waals surface area contributed by atoms with Gasteiger partial charge in [0, 0.05) is 12.7 Å². The van der Waals surface area contributed by atoms with Crippen molar-refractivity contribution >= 4 is 18.0 Å². The molecule has 1 rings (SSSR count). The highest BCUT2D eigenvalue weighted by Gasteiger charge is 2.26. The van der Waals surface area contributed by atoms with Gasteiger partial charge in [0.25, 0.3) is 0 Å². The molecule has 1 aromatic carbocycles. The summed E-state index contributed by atoms with van der Waals surface area (Å²) in [4.78, 5) is 24.8. The van der Waals surface area contributed by atoms with E-state index in [-0.39, 0.29) is 18.4 Å². The molecule has 0 saturated heterocycles. The zero-order chi connectivity index (χ0) is 17.6. The number of carbonyl (C=O) groups excluding carboxylic acids is 2. The van der Waals surface area contributed by atoms with Gasteiger partial charge in [-0.05, 0) is 43.0 Å². The second-order valence-corrected chi connectivity index (χ2v) is 5.88. The average molecular weight is 316 g/mol. The lowest BCUT2D eigenvalue weighted by Crippen LogP contribution is -2.44. The minimum atomic E-state index is -0.523. The first-order chi connectivity index (χ1) is 10.8. The maximum atomic E-state index is 12.5. The number of ether oxygens (including phenoxy) is 1. The van der Waals surface area contributed by atoms with E-state index in [4.69, 9.17) is 11.2 Å². The summed E-state index contributed by atoms with van der Waals surface area (Å²) in [5.74, 6) is 2.95. The van der Waals surface area contributed by atoms with Crippen LogP contribution in [0.15, 0.2) is 12.1 Å². The summed E-state index contributed by atoms with van der Waals surface area (Å²) < 4.78 is 5.51. The number of benzene rings is 1. The number of nitrogens with one attached hydrogen (secondary N) is 1. The van der Waals surface area contributed by atoms with Crippen molar-refractivity contribution in [2.45, 2.75) is 33.7 Å². The smallest absolute Gasteiger partial charge is 0.247 e. The Labute approximate surface area is 138 Å². The van der Waals surface area contributed by atoms with Gasteiger partial charge in [-0.25, -0.2) is 0 Å². The molecule has 0 bridgehead atoms. The van der Waals surface area contributed by atoms with Crippen LogP contribution in [0.3, 0.4) is 0 Å². The van der Waals surface area contributed by atoms with Crippen LogP contribution in [-0.4, -0.2) is 36.9 Å². The van der Waals surface area contributed by atoms with E-state index >= 15 is 0 Å². The first-order valence-corrected chi connectivity index (χ1v) is 7.47. The van der Waals surface area contributed by atoms with Crippen molar-refractivity contribution in [3.8, 4) is 18.1 Å². The van der Waals surface area contributed by atoms with Crippen LogP contribution in [0.2, 0.25) is 0 Å². The molecule has 5 heteroatoms. The van der Waals surface area contributed by atoms with Gasteiger partial charge < -0.3 is 15.0 Å². The SMILES string of the molecule is C#CCOc1c(C)cc(NC(=O)[C@H](C(C)C)N(C)C=O)cc1C. The second-order valence-electron chi connectivity index (χ2n) is 5.88. The zero-order valence-electron chi connectivity index (χ0n) is 14.3. The van der Waals surface area contributed by atoms with E-state index in [0.717, 1.165) is 16.9 Å². The molecule has 1 N–H and O–H groups in total. The number of carbonyl (C=O) groups is 2. The van der Waals surface area contributed by atoms with Crippen molar-refractivity contribution < 1.29 is 14.3 Å². The minimum Gasteiger partial charge on any atom is -0.480 e. The highest BCUT2D eigenvalue weighted by molar-refractivity contribution is 5.96. The molecule has 0 unspecified atom stereocenters. The molecule has 0 aliphatic heterocycles. The Morgan fingerprint density at radius 3 is 2.39 bits per heavy atom. The Hall–Kier alpha value is -2.48. The molecule has 0 aliphatic rings. The topological polar surface area (TPSA) is 58.6 Å². The van der Waals surface area contributed by atoms with Crippen LogP contribution in [0.4, 0.5) is 5.69 Å². The fourth-order valence-electron chi connectivity index (χ4n) is 2.60. The van der Waals surface area contributed by atoms with Crippen molar-refractivity contribution in [2.24, 2.45) is 5.92 Å². The van der Waals surface area contributed by atoms with Gasteiger partial charge in [-0.3, -0.25) is 9.59 Å². The number of aryl methyl sites for hydroxylation is 2. The van der Waals surface area contributed by atoms with Gasteiger partial charge in [0.1, 0.15) is 18.4 Å². The van der Waals surface area contributed by atoms with Gasteiger partial charge in [0.05, 0.1) is 0 Å². The van der Waals surface area contributed by atoms with Crippen molar-refractivity contribution in [2.75, 3.05) is 19.0 Å². The monoisotopic (exact) mass is 316 g/mol. The van der Waals surface area contributed by atoms with E-state index in [2.05, 4.69) is 11.2 Å². The maximum absolute atomic E-state index is 12.5. The van der Waals surface area contributed by atoms with E-state index in [9.17, 15) is 9.59 Å². The van der Waals surface area contributed by atoms with Crippen LogP contribution >= 0.6 is 0 Å². The van der Waals surface area contributed by atoms with Gasteiger partial charge >= 0.3 is 0 Å². The molecule has 23 heavy (non-hydrogen) atoms. The number of anilines is 1. The lowest BCUT2D eigenvalue weighted by molar-refractivity contribution is -0.130. The molecule has 1 atom stereocenters. The summed E-state index contributed by atoms with van der Waals surface area (Å²) in [6, 6.07) is 3.13. The third-order valence-corrected chi connectivity index (χ3v) is 3.53. The van der Waals surface area contributed by atoms with E-state index < -0.39 is 6.04 Å². The summed E-state index contributed by atoms with van der Waals surface area (Å²) in [7, 11) is 1.60. The van der Waals surface area contributed by atoms with Crippen molar-refractivity contribution in [3.05, 3.63) is 23.3 Å². The number of terminal acetylenes is 1. The summed E-state index contributed by atoms with van der Waals surface area (Å²) >= 11 is 0. The van der Waals surface area contributed by atoms with Gasteiger partial charge in [0.2, 0.25) is 12.3 Å². The Morgan fingerprint density at radius 2 is 1.96 bits per heavy atom. The van der Waals surface area contributed by atoms with Gasteiger partial charge in [-0.2, -0.15) is 0 Å². The minimum absolute atomic E-state index is 0.00521. The molecule has 124 valence electrons. The molecule has 0 saturated carbocycles. The molecular formula is C18H24N2O3. The van der Waals surface area contributed by atoms with Crippen molar-refractivity contribution in [1.82, 2.24) is 4.90 Å². The highest BCUT2D eigenvalue weighted by atomic mass is 16.5. The van der Waals surface area contributed by atoms with Crippen molar-refractivity contribution in [3.63, 3.8) is 0 Å². The zero-order valence-corrected chi connectivity index (χ0v) is 14.3. The Morgan fingerprint density at radius 1 is 1.39 bits per heavy atom. The quantitative estimate of drug-likeness (QED) is 0.620. The number of amides is 2. The molecule has 1 aromatic rings. The summed E-state index contributed by atoms with van der Waals surface area (Å²) in [6.45, 7) is 7.79. The van der Waals surface area contributed by atoms with E-state index in [1.54, 1.807) is 7.05 Å². The Balaban J connectivity index is 2.98. The molecule has 0 radical (unpaired) electrons. The van der Waals surface area contributed by atoms with Crippen LogP contribution in [0, 0.1) is 32.1 Å². The summed E-state index contributed by atoms with van der Waals surface area (Å²) in [6.07, 6.45) is 5.87. The summed E-state index contributed by atoms with van der Waals surface area (Å²) in [5, 5.41) is 2.87. The largest absolute Gasteiger partial charge is 0.480 e. The second kappa shape index (κ2) is 8.23. The lowest BCUT2D eigenvalue weighted by Gasteiger charge is -2.27. The van der Waals surface area contributed by atoms with Crippen molar-refractivity contribution in [1.29, 1.82) is 0 Å². The van der Waals surface area contributed by atoms with Crippen LogP contribution in [0.5, 0.6) is 5.75 Å². The van der Waals surface area contributed by atoms with E-state index in [1.807, 2.05) is 39.8 Å². The predicted octanol–water partition coefficient (Wildman–Crippen LogP) is 2.37. The molecule has 0 aromatic heterocycles. The third kappa shape index (κ3) is 4.75. The van der Waals surface area contributed by atoms with Crippen LogP contribution in [0.1, 0.15) is 25.0 Å². The number of rotatable bonds is 7.